The van der Waals surface area contributed by atoms with Crippen LogP contribution in [0, 0.1) is 68.8 Å². The molecule has 0 saturated heterocycles. The first-order chi connectivity index (χ1) is 34.7. The second-order valence-corrected chi connectivity index (χ2v) is 25.7. The molecule has 0 aliphatic heterocycles. The number of benzene rings is 2. The molecular formula is C56H68F2IN4NaO12. The van der Waals surface area contributed by atoms with Gasteiger partial charge in [0.05, 0.1) is 47.4 Å². The van der Waals surface area contributed by atoms with Gasteiger partial charge >= 0.3 is 35.5 Å². The van der Waals surface area contributed by atoms with E-state index in [1.807, 2.05) is 35.6 Å². The number of carbonyl (C=O) groups excluding carboxylic acids is 1. The number of hydrogen-bond donors (Lipinski definition) is 6. The molecule has 2 aromatic carbocycles. The number of carboxylic acid groups (broad SMARTS) is 1. The van der Waals surface area contributed by atoms with Crippen molar-refractivity contribution in [3.63, 3.8) is 0 Å². The molecule has 6 fully saturated rings. The van der Waals surface area contributed by atoms with Crippen molar-refractivity contribution in [2.45, 2.75) is 136 Å². The van der Waals surface area contributed by atoms with Gasteiger partial charge in [-0.15, -0.1) is 0 Å². The van der Waals surface area contributed by atoms with Gasteiger partial charge in [-0.05, 0) is 195 Å². The molecule has 8 aliphatic carbocycles. The van der Waals surface area contributed by atoms with Crippen LogP contribution in [-0.2, 0) is 22.4 Å². The van der Waals surface area contributed by atoms with E-state index in [9.17, 15) is 49.0 Å². The molecule has 6 N–H and O–H groups in total. The molecule has 8 aliphatic rings. The zero-order chi connectivity index (χ0) is 53.3. The van der Waals surface area contributed by atoms with E-state index in [-0.39, 0.29) is 101 Å². The van der Waals surface area contributed by atoms with Crippen molar-refractivity contribution in [2.75, 3.05) is 6.61 Å². The van der Waals surface area contributed by atoms with E-state index in [0.717, 1.165) is 78.8 Å². The Morgan fingerprint density at radius 3 is 1.41 bits per heavy atom. The van der Waals surface area contributed by atoms with Crippen LogP contribution in [0.3, 0.4) is 0 Å². The van der Waals surface area contributed by atoms with Crippen LogP contribution in [0.2, 0.25) is 0 Å². The number of fused-ring (bicyclic) bond motifs is 12. The molecule has 10 unspecified atom stereocenters. The second kappa shape index (κ2) is 20.7. The molecule has 0 spiro atoms. The number of aliphatic hydroxyl groups excluding tert-OH is 3. The summed E-state index contributed by atoms with van der Waals surface area (Å²) >= 11 is -5.94. The van der Waals surface area contributed by atoms with Gasteiger partial charge < -0.3 is 30.6 Å². The van der Waals surface area contributed by atoms with Crippen LogP contribution in [0.15, 0.2) is 72.1 Å². The molecule has 406 valence electrons. The van der Waals surface area contributed by atoms with Crippen LogP contribution in [0.25, 0.3) is 23.5 Å². The summed E-state index contributed by atoms with van der Waals surface area (Å²) in [7, 11) is 0. The normalized spacial score (nSPS) is 37.2. The predicted octanol–water partition coefficient (Wildman–Crippen LogP) is -2.68. The molecule has 12 rings (SSSR count). The van der Waals surface area contributed by atoms with Crippen molar-refractivity contribution in [3.8, 4) is 11.4 Å². The number of nitrogens with zero attached hydrogens (tertiary/aromatic N) is 4. The Bertz CT molecular complexity index is 2930. The molecule has 20 heteroatoms. The van der Waals surface area contributed by atoms with Crippen molar-refractivity contribution in [3.05, 3.63) is 106 Å². The molecule has 76 heavy (non-hydrogen) atoms. The number of Topliss-reactive ketones (excluding diaryl/α,β-unsaturated/α-hetero) is 1. The van der Waals surface area contributed by atoms with E-state index in [4.69, 9.17) is 13.7 Å². The molecule has 6 saturated carbocycles. The summed E-state index contributed by atoms with van der Waals surface area (Å²) in [4.78, 5) is 24.7. The van der Waals surface area contributed by atoms with Crippen molar-refractivity contribution in [2.24, 2.45) is 57.2 Å². The van der Waals surface area contributed by atoms with Gasteiger partial charge in [0.15, 0.2) is 11.4 Å². The van der Waals surface area contributed by atoms with E-state index < -0.39 is 72.7 Å². The fraction of sp³-hybridized carbons (Fsp3) is 0.571. The first kappa shape index (κ1) is 58.8. The van der Waals surface area contributed by atoms with Crippen LogP contribution in [0.5, 0.6) is 0 Å². The van der Waals surface area contributed by atoms with Crippen LogP contribution in [0.1, 0.15) is 122 Å². The number of carboxylic acids is 1. The monoisotopic (exact) mass is 1180 g/mol. The summed E-state index contributed by atoms with van der Waals surface area (Å²) in [5.74, 6) is -1.67. The fourth-order valence-corrected chi connectivity index (χ4v) is 16.9. The smallest absolute Gasteiger partial charge is 0.479 e. The Balaban J connectivity index is 0.000000181. The summed E-state index contributed by atoms with van der Waals surface area (Å²) in [5.41, 5.74) is 3.03. The third-order valence-electron chi connectivity index (χ3n) is 20.3. The maximum Gasteiger partial charge on any atom is 1.00 e. The van der Waals surface area contributed by atoms with Gasteiger partial charge in [-0.25, -0.2) is 22.9 Å². The van der Waals surface area contributed by atoms with Crippen LogP contribution in [0.4, 0.5) is 8.78 Å². The number of aliphatic carboxylic acids is 1. The third-order valence-corrected chi connectivity index (χ3v) is 20.3. The molecule has 0 amide bonds. The minimum Gasteiger partial charge on any atom is -0.479 e. The standard InChI is InChI=1S/C28H33FN2O4.C27H31FN2O4.CH4.IO4.Na/c1-26-12-16-14-30-31(19-6-4-18(29)5-7-19)22(16)11-17(26)3-8-20-21-9-10-28(35,24(34)15-32)27(21,2)13-23(33)25(20)26;1-25-12-15-14-29-30(18-6-4-17(28)5-7-18)21(15)11-16(25)3-8-19-20-9-10-27(34,24(32)33)26(20,2)13-22(31)23(19)25;;2-1(3,4)5;/h4-7,11,14,20-21,23,25,32-33,35H,3,8-10,12-13,15H2,1-2H3;4-7,11,14,19-20,22-23,31,34H,3,8-10,12-13H2,1-2H3,(H,32,33);1H4;;/q;;;-1;+1/t20?,21?,23-,25?,26?,27?,28-;19?,20?,22-,23?,25?,26?,27-;;;/m00.../s1. The SMILES string of the molecule is C.CC12Cc3cnn(-c4ccc(F)cc4)c3C=C1CCC1C2[C@@H](O)CC2(C)C1CC[C@]2(O)C(=O)CO.CC12Cc3cnn(-c4ccc(F)cc4)c3C=C1CCC1C2[C@@H](O)CC2(C)C1CC[C@]2(O)C(=O)O.[Na+].[O-][I+3]([O-])([O-])[O-]. The van der Waals surface area contributed by atoms with Crippen molar-refractivity contribution in [1.82, 2.24) is 19.6 Å². The molecule has 2 heterocycles. The third kappa shape index (κ3) is 9.25. The topological polar surface area (TPSA) is 283 Å². The largest absolute Gasteiger partial charge is 1.00 e. The van der Waals surface area contributed by atoms with Gasteiger partial charge in [0.25, 0.3) is 0 Å². The molecule has 2 aromatic heterocycles. The van der Waals surface area contributed by atoms with Crippen LogP contribution in [-0.4, -0.2) is 92.0 Å². The van der Waals surface area contributed by atoms with Gasteiger partial charge in [0.1, 0.15) is 43.9 Å². The Morgan fingerprint density at radius 2 is 1.04 bits per heavy atom. The average Bonchev–Trinajstić information content (AvgIpc) is 4.08. The van der Waals surface area contributed by atoms with E-state index in [2.05, 4.69) is 36.2 Å². The van der Waals surface area contributed by atoms with Gasteiger partial charge in [-0.1, -0.05) is 46.3 Å². The maximum atomic E-state index is 13.5. The number of aliphatic hydroxyl groups is 5. The van der Waals surface area contributed by atoms with Crippen molar-refractivity contribution in [1.29, 1.82) is 0 Å². The summed E-state index contributed by atoms with van der Waals surface area (Å²) in [5, 5.41) is 74.2. The minimum absolute atomic E-state index is 0. The quantitative estimate of drug-likeness (QED) is 0.0879. The Morgan fingerprint density at radius 1 is 0.671 bits per heavy atom. The number of aromatic nitrogens is 4. The zero-order valence-electron chi connectivity index (χ0n) is 42.8. The van der Waals surface area contributed by atoms with E-state index >= 15 is 0 Å². The Hall–Kier alpha value is -3.29. The predicted molar refractivity (Wildman–Crippen MR) is 258 cm³/mol. The molecule has 4 aromatic rings. The number of hydrogen-bond acceptors (Lipinski definition) is 13. The average molecular weight is 1180 g/mol. The van der Waals surface area contributed by atoms with Gasteiger partial charge in [-0.3, -0.25) is 18.5 Å². The van der Waals surface area contributed by atoms with E-state index in [1.165, 1.54) is 35.4 Å². The molecule has 0 bridgehead atoms. The minimum atomic E-state index is -5.94. The van der Waals surface area contributed by atoms with Crippen molar-refractivity contribution < 1.29 is 112 Å². The molecule has 0 radical (unpaired) electrons. The van der Waals surface area contributed by atoms with Crippen LogP contribution >= 0.6 is 0 Å². The summed E-state index contributed by atoms with van der Waals surface area (Å²) in [6.07, 6.45) is 14.5. The fourth-order valence-electron chi connectivity index (χ4n) is 16.9. The Kier molecular flexibility index (Phi) is 16.0. The first-order valence-electron chi connectivity index (χ1n) is 25.6. The number of rotatable bonds is 5. The maximum absolute atomic E-state index is 13.5. The first-order valence-corrected chi connectivity index (χ1v) is 29.1. The van der Waals surface area contributed by atoms with Gasteiger partial charge in [0, 0.05) is 10.8 Å². The van der Waals surface area contributed by atoms with Gasteiger partial charge in [-0.2, -0.15) is 10.2 Å². The van der Waals surface area contributed by atoms with E-state index in [1.54, 1.807) is 24.3 Å². The number of halogens is 3. The molecule has 14 atom stereocenters. The molecule has 16 nitrogen and oxygen atoms in total. The zero-order valence-corrected chi connectivity index (χ0v) is 47.0. The van der Waals surface area contributed by atoms with Crippen molar-refractivity contribution >= 4 is 23.9 Å². The number of allylic oxidation sites excluding steroid dienone is 2. The summed E-state index contributed by atoms with van der Waals surface area (Å²) < 4.78 is 65.1. The molecular weight excluding hydrogens is 1110 g/mol. The van der Waals surface area contributed by atoms with Crippen LogP contribution < -0.4 is 63.4 Å². The summed E-state index contributed by atoms with van der Waals surface area (Å²) in [6, 6.07) is 12.7. The van der Waals surface area contributed by atoms with E-state index in [0.29, 0.717) is 25.7 Å². The number of ketones is 1. The Labute approximate surface area is 469 Å². The number of carbonyl (C=O) groups is 2. The van der Waals surface area contributed by atoms with Gasteiger partial charge in [0.2, 0.25) is 0 Å². The second-order valence-electron chi connectivity index (χ2n) is 23.5. The summed E-state index contributed by atoms with van der Waals surface area (Å²) in [6.45, 7) is 7.63.